The Morgan fingerprint density at radius 2 is 1.86 bits per heavy atom. The Morgan fingerprint density at radius 1 is 1.21 bits per heavy atom. The lowest BCUT2D eigenvalue weighted by Gasteiger charge is -2.00. The topological polar surface area (TPSA) is 104 Å². The molecule has 0 heterocycles. The molecule has 1 amide bonds. The molecule has 0 saturated heterocycles. The fraction of sp³-hybridized carbons (Fsp3) is 0.625. The van der Waals surface area contributed by atoms with E-state index in [1.807, 2.05) is 0 Å². The van der Waals surface area contributed by atoms with E-state index in [9.17, 15) is 14.4 Å². The van der Waals surface area contributed by atoms with Crippen molar-refractivity contribution in [2.75, 3.05) is 6.54 Å². The molecule has 0 radical (unpaired) electrons. The number of carboxylic acids is 2. The van der Waals surface area contributed by atoms with Crippen molar-refractivity contribution in [2.45, 2.75) is 12.8 Å². The van der Waals surface area contributed by atoms with Crippen molar-refractivity contribution in [3.05, 3.63) is 0 Å². The number of amides is 1. The predicted molar refractivity (Wildman–Crippen MR) is 44.5 cm³/mol. The lowest BCUT2D eigenvalue weighted by molar-refractivity contribution is -0.140. The van der Waals surface area contributed by atoms with Gasteiger partial charge in [-0.15, -0.1) is 0 Å². The molecular weight excluding hydrogens is 190 g/mol. The van der Waals surface area contributed by atoms with Crippen LogP contribution in [0.25, 0.3) is 0 Å². The van der Waals surface area contributed by atoms with Gasteiger partial charge in [-0.2, -0.15) is 0 Å². The zero-order valence-corrected chi connectivity index (χ0v) is 7.40. The van der Waals surface area contributed by atoms with Crippen LogP contribution in [0.4, 0.5) is 0 Å². The van der Waals surface area contributed by atoms with Crippen molar-refractivity contribution in [1.82, 2.24) is 5.32 Å². The molecule has 0 aromatic rings. The highest BCUT2D eigenvalue weighted by Gasteiger charge is 2.48. The van der Waals surface area contributed by atoms with E-state index in [-0.39, 0.29) is 18.9 Å². The van der Waals surface area contributed by atoms with Gasteiger partial charge in [0.15, 0.2) is 0 Å². The largest absolute Gasteiger partial charge is 0.481 e. The molecule has 3 N–H and O–H groups in total. The van der Waals surface area contributed by atoms with E-state index >= 15 is 0 Å². The molecule has 1 aliphatic rings. The van der Waals surface area contributed by atoms with Crippen LogP contribution in [-0.2, 0) is 14.4 Å². The molecule has 1 saturated carbocycles. The first-order valence-corrected chi connectivity index (χ1v) is 4.24. The molecule has 6 heteroatoms. The third-order valence-electron chi connectivity index (χ3n) is 2.08. The second-order valence-corrected chi connectivity index (χ2v) is 3.22. The zero-order valence-electron chi connectivity index (χ0n) is 7.40. The summed E-state index contributed by atoms with van der Waals surface area (Å²) in [4.78, 5) is 31.6. The van der Waals surface area contributed by atoms with Crippen LogP contribution >= 0.6 is 0 Å². The lowest BCUT2D eigenvalue weighted by Crippen LogP contribution is -2.28. The van der Waals surface area contributed by atoms with Crippen molar-refractivity contribution >= 4 is 17.8 Å². The second kappa shape index (κ2) is 4.08. The van der Waals surface area contributed by atoms with Gasteiger partial charge >= 0.3 is 11.9 Å². The van der Waals surface area contributed by atoms with Crippen molar-refractivity contribution in [3.63, 3.8) is 0 Å². The maximum absolute atomic E-state index is 11.1. The number of carboxylic acid groups (broad SMARTS) is 2. The van der Waals surface area contributed by atoms with Gasteiger partial charge in [-0.05, 0) is 6.42 Å². The van der Waals surface area contributed by atoms with Crippen LogP contribution in [0.1, 0.15) is 12.8 Å². The molecule has 0 aromatic carbocycles. The zero-order chi connectivity index (χ0) is 10.7. The first kappa shape index (κ1) is 10.5. The van der Waals surface area contributed by atoms with E-state index in [1.165, 1.54) is 0 Å². The number of carbonyl (C=O) groups is 3. The smallest absolute Gasteiger partial charge is 0.307 e. The molecule has 1 rings (SSSR count). The van der Waals surface area contributed by atoms with Gasteiger partial charge in [0.1, 0.15) is 0 Å². The van der Waals surface area contributed by atoms with E-state index in [4.69, 9.17) is 10.2 Å². The Morgan fingerprint density at radius 3 is 2.29 bits per heavy atom. The van der Waals surface area contributed by atoms with Crippen molar-refractivity contribution in [2.24, 2.45) is 11.8 Å². The number of aliphatic carboxylic acids is 2. The monoisotopic (exact) mass is 201 g/mol. The molecule has 14 heavy (non-hydrogen) atoms. The van der Waals surface area contributed by atoms with Gasteiger partial charge in [0.25, 0.3) is 0 Å². The van der Waals surface area contributed by atoms with Gasteiger partial charge in [-0.3, -0.25) is 14.4 Å². The Labute approximate surface area is 79.9 Å². The highest BCUT2D eigenvalue weighted by Crippen LogP contribution is 2.38. The fourth-order valence-corrected chi connectivity index (χ4v) is 1.18. The van der Waals surface area contributed by atoms with Crippen LogP contribution < -0.4 is 5.32 Å². The highest BCUT2D eigenvalue weighted by atomic mass is 16.4. The molecule has 0 spiro atoms. The number of hydrogen-bond acceptors (Lipinski definition) is 3. The Kier molecular flexibility index (Phi) is 3.06. The van der Waals surface area contributed by atoms with Gasteiger partial charge in [0.2, 0.25) is 5.91 Å². The fourth-order valence-electron chi connectivity index (χ4n) is 1.18. The van der Waals surface area contributed by atoms with Crippen LogP contribution in [0.3, 0.4) is 0 Å². The standard InChI is InChI=1S/C8H11NO5/c10-6(11)1-2-9-7(12)4-3-5(4)8(13)14/h4-5H,1-3H2,(H,9,12)(H,10,11)(H,13,14)/t4-,5+/m1/s1. The van der Waals surface area contributed by atoms with Crippen molar-refractivity contribution in [1.29, 1.82) is 0 Å². The summed E-state index contributed by atoms with van der Waals surface area (Å²) in [5.41, 5.74) is 0. The minimum atomic E-state index is -0.990. The van der Waals surface area contributed by atoms with E-state index in [0.717, 1.165) is 0 Å². The molecule has 2 atom stereocenters. The van der Waals surface area contributed by atoms with Crippen molar-refractivity contribution < 1.29 is 24.6 Å². The Hall–Kier alpha value is -1.59. The molecule has 6 nitrogen and oxygen atoms in total. The summed E-state index contributed by atoms with van der Waals surface area (Å²) in [5, 5.41) is 19.2. The highest BCUT2D eigenvalue weighted by molar-refractivity contribution is 5.89. The average Bonchev–Trinajstić information content (AvgIpc) is 2.81. The number of nitrogens with one attached hydrogen (secondary N) is 1. The summed E-state index contributed by atoms with van der Waals surface area (Å²) in [6, 6.07) is 0. The van der Waals surface area contributed by atoms with Gasteiger partial charge in [0.05, 0.1) is 18.3 Å². The summed E-state index contributed by atoms with van der Waals surface area (Å²) >= 11 is 0. The summed E-state index contributed by atoms with van der Waals surface area (Å²) in [6.07, 6.45) is 0.213. The number of hydrogen-bond donors (Lipinski definition) is 3. The predicted octanol–water partition coefficient (Wildman–Crippen LogP) is -0.702. The van der Waals surface area contributed by atoms with Crippen LogP contribution in [0.15, 0.2) is 0 Å². The van der Waals surface area contributed by atoms with E-state index in [2.05, 4.69) is 5.32 Å². The third kappa shape index (κ3) is 2.72. The molecule has 0 aromatic heterocycles. The molecule has 1 aliphatic carbocycles. The molecular formula is C8H11NO5. The maximum atomic E-state index is 11.1. The molecule has 1 fully saturated rings. The third-order valence-corrected chi connectivity index (χ3v) is 2.08. The Balaban J connectivity index is 2.18. The maximum Gasteiger partial charge on any atom is 0.307 e. The van der Waals surface area contributed by atoms with Gasteiger partial charge < -0.3 is 15.5 Å². The first-order valence-electron chi connectivity index (χ1n) is 4.24. The van der Waals surface area contributed by atoms with E-state index in [1.54, 1.807) is 0 Å². The van der Waals surface area contributed by atoms with E-state index < -0.39 is 23.8 Å². The van der Waals surface area contributed by atoms with Crippen LogP contribution in [0, 0.1) is 11.8 Å². The summed E-state index contributed by atoms with van der Waals surface area (Å²) in [5.74, 6) is -3.38. The average molecular weight is 201 g/mol. The van der Waals surface area contributed by atoms with Crippen LogP contribution in [0.5, 0.6) is 0 Å². The molecule has 78 valence electrons. The quantitative estimate of drug-likeness (QED) is 0.545. The van der Waals surface area contributed by atoms with Crippen LogP contribution in [-0.4, -0.2) is 34.6 Å². The molecule has 0 bridgehead atoms. The Bertz CT molecular complexity index is 275. The molecule has 0 aliphatic heterocycles. The molecule has 0 unspecified atom stereocenters. The van der Waals surface area contributed by atoms with Gasteiger partial charge in [0, 0.05) is 6.54 Å². The summed E-state index contributed by atoms with van der Waals surface area (Å²) < 4.78 is 0. The normalized spacial score (nSPS) is 24.0. The second-order valence-electron chi connectivity index (χ2n) is 3.22. The van der Waals surface area contributed by atoms with E-state index in [0.29, 0.717) is 6.42 Å². The minimum absolute atomic E-state index is 0.0526. The minimum Gasteiger partial charge on any atom is -0.481 e. The first-order chi connectivity index (χ1) is 6.52. The summed E-state index contributed by atoms with van der Waals surface area (Å²) in [7, 11) is 0. The number of rotatable bonds is 5. The lowest BCUT2D eigenvalue weighted by atomic mass is 10.3. The van der Waals surface area contributed by atoms with Crippen LogP contribution in [0.2, 0.25) is 0 Å². The van der Waals surface area contributed by atoms with Gasteiger partial charge in [-0.1, -0.05) is 0 Å². The van der Waals surface area contributed by atoms with Crippen molar-refractivity contribution in [3.8, 4) is 0 Å². The SMILES string of the molecule is O=C(O)CCNC(=O)[C@@H]1C[C@@H]1C(=O)O. The van der Waals surface area contributed by atoms with Gasteiger partial charge in [-0.25, -0.2) is 0 Å². The summed E-state index contributed by atoms with van der Waals surface area (Å²) in [6.45, 7) is 0.0526. The number of carbonyl (C=O) groups excluding carboxylic acids is 1.